The summed E-state index contributed by atoms with van der Waals surface area (Å²) in [6.45, 7) is 5.24. The summed E-state index contributed by atoms with van der Waals surface area (Å²) < 4.78 is 10.7. The van der Waals surface area contributed by atoms with E-state index in [4.69, 9.17) is 9.47 Å². The van der Waals surface area contributed by atoms with Crippen molar-refractivity contribution in [2.45, 2.75) is 38.8 Å². The fraction of sp³-hybridized carbons (Fsp3) is 0.500. The van der Waals surface area contributed by atoms with Crippen LogP contribution in [0.1, 0.15) is 26.5 Å². The van der Waals surface area contributed by atoms with Crippen LogP contribution in [0.15, 0.2) is 22.8 Å². The fourth-order valence-corrected chi connectivity index (χ4v) is 1.76. The Balaban J connectivity index is 2.74. The molecule has 0 radical (unpaired) electrons. The molecular formula is C14H19BrN2O4. The van der Waals surface area contributed by atoms with Gasteiger partial charge >= 0.3 is 12.1 Å². The summed E-state index contributed by atoms with van der Waals surface area (Å²) >= 11 is 3.28. The van der Waals surface area contributed by atoms with Crippen LogP contribution in [0.5, 0.6) is 0 Å². The second kappa shape index (κ2) is 7.40. The molecule has 0 aliphatic carbocycles. The van der Waals surface area contributed by atoms with Gasteiger partial charge in [0.15, 0.2) is 0 Å². The lowest BCUT2D eigenvalue weighted by Gasteiger charge is -2.22. The quantitative estimate of drug-likeness (QED) is 0.836. The van der Waals surface area contributed by atoms with Crippen LogP contribution < -0.4 is 5.32 Å². The average Bonchev–Trinajstić information content (AvgIpc) is 2.37. The van der Waals surface area contributed by atoms with Crippen molar-refractivity contribution in [3.63, 3.8) is 0 Å². The first-order valence-corrected chi connectivity index (χ1v) is 7.18. The van der Waals surface area contributed by atoms with Gasteiger partial charge in [-0.1, -0.05) is 0 Å². The third-order valence-electron chi connectivity index (χ3n) is 2.38. The van der Waals surface area contributed by atoms with Crippen molar-refractivity contribution in [2.24, 2.45) is 0 Å². The Bertz CT molecular complexity index is 497. The number of methoxy groups -OCH3 is 1. The maximum Gasteiger partial charge on any atom is 0.408 e. The zero-order valence-electron chi connectivity index (χ0n) is 12.5. The van der Waals surface area contributed by atoms with E-state index in [9.17, 15) is 9.59 Å². The van der Waals surface area contributed by atoms with Gasteiger partial charge in [-0.15, -0.1) is 0 Å². The Morgan fingerprint density at radius 2 is 2.05 bits per heavy atom. The van der Waals surface area contributed by atoms with Gasteiger partial charge in [-0.05, 0) is 48.8 Å². The molecular weight excluding hydrogens is 340 g/mol. The van der Waals surface area contributed by atoms with Crippen LogP contribution >= 0.6 is 15.9 Å². The van der Waals surface area contributed by atoms with E-state index in [1.807, 2.05) is 6.07 Å². The molecule has 1 unspecified atom stereocenters. The average molecular weight is 359 g/mol. The summed E-state index contributed by atoms with van der Waals surface area (Å²) in [5, 5.41) is 2.50. The number of halogens is 1. The van der Waals surface area contributed by atoms with Gasteiger partial charge < -0.3 is 14.8 Å². The number of nitrogens with one attached hydrogen (secondary N) is 1. The first kappa shape index (κ1) is 17.4. The monoisotopic (exact) mass is 358 g/mol. The van der Waals surface area contributed by atoms with E-state index < -0.39 is 23.7 Å². The number of rotatable bonds is 4. The largest absolute Gasteiger partial charge is 0.467 e. The molecule has 0 aliphatic rings. The summed E-state index contributed by atoms with van der Waals surface area (Å²) in [6, 6.07) is 2.72. The molecule has 1 rings (SSSR count). The number of nitrogens with zero attached hydrogens (tertiary/aromatic N) is 1. The number of hydrogen-bond acceptors (Lipinski definition) is 5. The molecule has 21 heavy (non-hydrogen) atoms. The van der Waals surface area contributed by atoms with Crippen LogP contribution in [-0.2, 0) is 20.7 Å². The number of ether oxygens (including phenoxy) is 2. The number of hydrogen-bond donors (Lipinski definition) is 1. The lowest BCUT2D eigenvalue weighted by molar-refractivity contribution is -0.143. The SMILES string of the molecule is COC(=O)C(Cc1ccc(Br)cn1)NC(=O)OC(C)(C)C. The van der Waals surface area contributed by atoms with Crippen LogP contribution in [0, 0.1) is 0 Å². The number of esters is 1. The molecule has 0 saturated heterocycles. The van der Waals surface area contributed by atoms with Crippen molar-refractivity contribution in [3.05, 3.63) is 28.5 Å². The molecule has 1 heterocycles. The normalized spacial score (nSPS) is 12.4. The standard InChI is InChI=1S/C14H19BrN2O4/c1-14(2,3)21-13(19)17-11(12(18)20-4)7-10-6-5-9(15)8-16-10/h5-6,8,11H,7H2,1-4H3,(H,17,19). The Labute approximate surface area is 132 Å². The molecule has 0 saturated carbocycles. The zero-order chi connectivity index (χ0) is 16.0. The minimum absolute atomic E-state index is 0.221. The molecule has 0 fully saturated rings. The predicted molar refractivity (Wildman–Crippen MR) is 80.8 cm³/mol. The van der Waals surface area contributed by atoms with E-state index in [0.29, 0.717) is 5.69 Å². The summed E-state index contributed by atoms with van der Waals surface area (Å²) in [4.78, 5) is 27.7. The van der Waals surface area contributed by atoms with Gasteiger partial charge in [0.25, 0.3) is 0 Å². The van der Waals surface area contributed by atoms with Crippen LogP contribution in [0.25, 0.3) is 0 Å². The first-order chi connectivity index (χ1) is 9.71. The number of amides is 1. The predicted octanol–water partition coefficient (Wildman–Crippen LogP) is 2.45. The third-order valence-corrected chi connectivity index (χ3v) is 2.85. The minimum Gasteiger partial charge on any atom is -0.467 e. The van der Waals surface area contributed by atoms with Gasteiger partial charge in [0, 0.05) is 22.8 Å². The summed E-state index contributed by atoms with van der Waals surface area (Å²) in [5.41, 5.74) is 0.0188. The zero-order valence-corrected chi connectivity index (χ0v) is 14.1. The molecule has 7 heteroatoms. The van der Waals surface area contributed by atoms with Crippen LogP contribution in [0.4, 0.5) is 4.79 Å². The molecule has 0 bridgehead atoms. The Morgan fingerprint density at radius 1 is 1.38 bits per heavy atom. The van der Waals surface area contributed by atoms with E-state index in [-0.39, 0.29) is 6.42 Å². The van der Waals surface area contributed by atoms with Crippen molar-refractivity contribution >= 4 is 28.0 Å². The van der Waals surface area contributed by atoms with Gasteiger partial charge in [-0.25, -0.2) is 9.59 Å². The van der Waals surface area contributed by atoms with Gasteiger partial charge in [0.2, 0.25) is 0 Å². The molecule has 1 aromatic rings. The fourth-order valence-electron chi connectivity index (χ4n) is 1.52. The highest BCUT2D eigenvalue weighted by Gasteiger charge is 2.25. The third kappa shape index (κ3) is 6.57. The number of carbonyl (C=O) groups is 2. The lowest BCUT2D eigenvalue weighted by Crippen LogP contribution is -2.45. The summed E-state index contributed by atoms with van der Waals surface area (Å²) in [5.74, 6) is -0.550. The van der Waals surface area contributed by atoms with E-state index in [1.54, 1.807) is 33.0 Å². The van der Waals surface area contributed by atoms with Gasteiger partial charge in [0.1, 0.15) is 11.6 Å². The molecule has 6 nitrogen and oxygen atoms in total. The topological polar surface area (TPSA) is 77.5 Å². The number of pyridine rings is 1. The van der Waals surface area contributed by atoms with Crippen molar-refractivity contribution in [1.29, 1.82) is 0 Å². The second-order valence-corrected chi connectivity index (χ2v) is 6.31. The Morgan fingerprint density at radius 3 is 2.52 bits per heavy atom. The van der Waals surface area contributed by atoms with E-state index in [2.05, 4.69) is 26.2 Å². The molecule has 0 spiro atoms. The molecule has 0 aromatic carbocycles. The van der Waals surface area contributed by atoms with Gasteiger partial charge in [-0.3, -0.25) is 4.98 Å². The van der Waals surface area contributed by atoms with Crippen molar-refractivity contribution in [1.82, 2.24) is 10.3 Å². The maximum absolute atomic E-state index is 11.8. The highest BCUT2D eigenvalue weighted by molar-refractivity contribution is 9.10. The van der Waals surface area contributed by atoms with Crippen LogP contribution in [0.3, 0.4) is 0 Å². The molecule has 1 atom stereocenters. The van der Waals surface area contributed by atoms with Gasteiger partial charge in [0.05, 0.1) is 7.11 Å². The van der Waals surface area contributed by atoms with Crippen molar-refractivity contribution in [3.8, 4) is 0 Å². The molecule has 1 N–H and O–H groups in total. The Hall–Kier alpha value is -1.63. The van der Waals surface area contributed by atoms with E-state index in [1.165, 1.54) is 7.11 Å². The van der Waals surface area contributed by atoms with Crippen LogP contribution in [0.2, 0.25) is 0 Å². The summed E-state index contributed by atoms with van der Waals surface area (Å²) in [7, 11) is 1.26. The van der Waals surface area contributed by atoms with Gasteiger partial charge in [-0.2, -0.15) is 0 Å². The molecule has 116 valence electrons. The molecule has 1 amide bonds. The minimum atomic E-state index is -0.849. The number of carbonyl (C=O) groups excluding carboxylic acids is 2. The molecule has 0 aliphatic heterocycles. The number of aromatic nitrogens is 1. The molecule has 1 aromatic heterocycles. The van der Waals surface area contributed by atoms with E-state index in [0.717, 1.165) is 4.47 Å². The number of alkyl carbamates (subject to hydrolysis) is 1. The van der Waals surface area contributed by atoms with Crippen molar-refractivity contribution < 1.29 is 19.1 Å². The van der Waals surface area contributed by atoms with Crippen LogP contribution in [-0.4, -0.2) is 35.8 Å². The highest BCUT2D eigenvalue weighted by atomic mass is 79.9. The van der Waals surface area contributed by atoms with Crippen molar-refractivity contribution in [2.75, 3.05) is 7.11 Å². The first-order valence-electron chi connectivity index (χ1n) is 6.39. The lowest BCUT2D eigenvalue weighted by atomic mass is 10.1. The van der Waals surface area contributed by atoms with E-state index >= 15 is 0 Å². The Kier molecular flexibility index (Phi) is 6.14. The maximum atomic E-state index is 11.8. The second-order valence-electron chi connectivity index (χ2n) is 5.39. The smallest absolute Gasteiger partial charge is 0.408 e. The highest BCUT2D eigenvalue weighted by Crippen LogP contribution is 2.11. The summed E-state index contributed by atoms with van der Waals surface area (Å²) in [6.07, 6.45) is 1.17.